The van der Waals surface area contributed by atoms with Crippen molar-refractivity contribution in [3.05, 3.63) is 24.3 Å². The quantitative estimate of drug-likeness (QED) is 0.907. The summed E-state index contributed by atoms with van der Waals surface area (Å²) in [5.74, 6) is 0.909. The second-order valence-corrected chi connectivity index (χ2v) is 4.63. The average Bonchev–Trinajstić information content (AvgIpc) is 2.97. The first kappa shape index (κ1) is 12.2. The van der Waals surface area contributed by atoms with E-state index in [9.17, 15) is 0 Å². The van der Waals surface area contributed by atoms with Crippen LogP contribution >= 0.6 is 0 Å². The van der Waals surface area contributed by atoms with Crippen LogP contribution in [0.15, 0.2) is 24.3 Å². The van der Waals surface area contributed by atoms with Crippen LogP contribution in [-0.4, -0.2) is 36.3 Å². The Morgan fingerprint density at radius 3 is 2.58 bits per heavy atom. The lowest BCUT2D eigenvalue weighted by atomic mass is 10.2. The molecule has 19 heavy (non-hydrogen) atoms. The number of nitrogens with one attached hydrogen (secondary N) is 1. The van der Waals surface area contributed by atoms with Gasteiger partial charge in [0, 0.05) is 6.04 Å². The Labute approximate surface area is 112 Å². The average molecular weight is 259 g/mol. The smallest absolute Gasteiger partial charge is 0.278 e. The van der Waals surface area contributed by atoms with Crippen LogP contribution in [0.25, 0.3) is 11.0 Å². The lowest BCUT2D eigenvalue weighted by molar-refractivity contribution is 0.250. The Morgan fingerprint density at radius 1 is 1.21 bits per heavy atom. The van der Waals surface area contributed by atoms with Gasteiger partial charge in [0.2, 0.25) is 0 Å². The lowest BCUT2D eigenvalue weighted by Crippen LogP contribution is -2.28. The molecule has 0 amide bonds. The van der Waals surface area contributed by atoms with Crippen LogP contribution in [0.4, 0.5) is 0 Å². The maximum atomic E-state index is 5.76. The molecule has 1 saturated heterocycles. The fourth-order valence-corrected chi connectivity index (χ4v) is 2.27. The molecule has 100 valence electrons. The first-order valence-electron chi connectivity index (χ1n) is 6.54. The van der Waals surface area contributed by atoms with Gasteiger partial charge in [-0.05, 0) is 31.5 Å². The number of aromatic nitrogens is 2. The summed E-state index contributed by atoms with van der Waals surface area (Å²) in [6.07, 6.45) is 2.35. The van der Waals surface area contributed by atoms with Crippen molar-refractivity contribution in [3.8, 4) is 11.8 Å². The van der Waals surface area contributed by atoms with Crippen molar-refractivity contribution in [1.29, 1.82) is 0 Å². The van der Waals surface area contributed by atoms with E-state index in [2.05, 4.69) is 15.3 Å². The normalized spacial score (nSPS) is 18.7. The molecule has 2 heterocycles. The Bertz CT molecular complexity index is 568. The number of benzene rings is 1. The van der Waals surface area contributed by atoms with Crippen LogP contribution in [0.1, 0.15) is 12.8 Å². The molecule has 1 atom stereocenters. The van der Waals surface area contributed by atoms with Crippen LogP contribution in [0.3, 0.4) is 0 Å². The minimum atomic E-state index is 0.401. The van der Waals surface area contributed by atoms with Crippen LogP contribution < -0.4 is 14.8 Å². The molecule has 0 bridgehead atoms. The predicted molar refractivity (Wildman–Crippen MR) is 72.6 cm³/mol. The van der Waals surface area contributed by atoms with E-state index in [1.807, 2.05) is 24.3 Å². The van der Waals surface area contributed by atoms with Gasteiger partial charge in [-0.1, -0.05) is 12.1 Å². The van der Waals surface area contributed by atoms with E-state index in [1.165, 1.54) is 6.42 Å². The lowest BCUT2D eigenvalue weighted by Gasteiger charge is -2.13. The zero-order chi connectivity index (χ0) is 13.1. The molecule has 1 aliphatic rings. The van der Waals surface area contributed by atoms with Gasteiger partial charge < -0.3 is 14.8 Å². The van der Waals surface area contributed by atoms with Crippen LogP contribution in [-0.2, 0) is 0 Å². The molecule has 0 aliphatic carbocycles. The Balaban J connectivity index is 1.83. The summed E-state index contributed by atoms with van der Waals surface area (Å²) in [5.41, 5.74) is 1.63. The summed E-state index contributed by atoms with van der Waals surface area (Å²) in [6.45, 7) is 1.66. The SMILES string of the molecule is COc1nc2ccccc2nc1OCC1CCCN1. The van der Waals surface area contributed by atoms with E-state index >= 15 is 0 Å². The fraction of sp³-hybridized carbons (Fsp3) is 0.429. The number of methoxy groups -OCH3 is 1. The number of ether oxygens (including phenoxy) is 2. The van der Waals surface area contributed by atoms with Gasteiger partial charge >= 0.3 is 0 Å². The largest absolute Gasteiger partial charge is 0.477 e. The molecule has 1 aromatic carbocycles. The molecule has 1 aliphatic heterocycles. The van der Waals surface area contributed by atoms with Crippen molar-refractivity contribution < 1.29 is 9.47 Å². The van der Waals surface area contributed by atoms with Crippen molar-refractivity contribution in [2.24, 2.45) is 0 Å². The van der Waals surface area contributed by atoms with Gasteiger partial charge in [-0.25, -0.2) is 9.97 Å². The van der Waals surface area contributed by atoms with Crippen molar-refractivity contribution in [1.82, 2.24) is 15.3 Å². The number of rotatable bonds is 4. The van der Waals surface area contributed by atoms with E-state index < -0.39 is 0 Å². The third kappa shape index (κ3) is 2.61. The highest BCUT2D eigenvalue weighted by molar-refractivity contribution is 5.75. The van der Waals surface area contributed by atoms with Crippen LogP contribution in [0.5, 0.6) is 11.8 Å². The molecule has 3 rings (SSSR count). The zero-order valence-electron chi connectivity index (χ0n) is 10.9. The Hall–Kier alpha value is -1.88. The van der Waals surface area contributed by atoms with Crippen molar-refractivity contribution in [2.45, 2.75) is 18.9 Å². The first-order valence-corrected chi connectivity index (χ1v) is 6.54. The van der Waals surface area contributed by atoms with Crippen LogP contribution in [0, 0.1) is 0 Å². The zero-order valence-corrected chi connectivity index (χ0v) is 10.9. The third-order valence-electron chi connectivity index (χ3n) is 3.29. The van der Waals surface area contributed by atoms with Gasteiger partial charge in [-0.15, -0.1) is 0 Å². The van der Waals surface area contributed by atoms with E-state index in [0.717, 1.165) is 24.0 Å². The molecular weight excluding hydrogens is 242 g/mol. The minimum Gasteiger partial charge on any atom is -0.477 e. The summed E-state index contributed by atoms with van der Waals surface area (Å²) in [6, 6.07) is 8.10. The molecule has 1 unspecified atom stereocenters. The molecule has 0 saturated carbocycles. The molecule has 1 N–H and O–H groups in total. The monoisotopic (exact) mass is 259 g/mol. The fourth-order valence-electron chi connectivity index (χ4n) is 2.27. The van der Waals surface area contributed by atoms with Gasteiger partial charge in [0.15, 0.2) is 0 Å². The van der Waals surface area contributed by atoms with Gasteiger partial charge in [-0.2, -0.15) is 0 Å². The first-order chi connectivity index (χ1) is 9.36. The van der Waals surface area contributed by atoms with Gasteiger partial charge in [0.05, 0.1) is 18.1 Å². The molecule has 5 nitrogen and oxygen atoms in total. The third-order valence-corrected chi connectivity index (χ3v) is 3.29. The summed E-state index contributed by atoms with van der Waals surface area (Å²) < 4.78 is 11.0. The Morgan fingerprint density at radius 2 is 1.95 bits per heavy atom. The Kier molecular flexibility index (Phi) is 3.46. The molecule has 5 heteroatoms. The van der Waals surface area contributed by atoms with Crippen molar-refractivity contribution >= 4 is 11.0 Å². The molecule has 1 aromatic heterocycles. The molecular formula is C14H17N3O2. The van der Waals surface area contributed by atoms with E-state index in [0.29, 0.717) is 24.4 Å². The molecule has 2 aromatic rings. The second-order valence-electron chi connectivity index (χ2n) is 4.63. The standard InChI is InChI=1S/C14H17N3O2/c1-18-13-14(19-9-10-5-4-8-15-10)17-12-7-3-2-6-11(12)16-13/h2-3,6-7,10,15H,4-5,8-9H2,1H3. The number of hydrogen-bond donors (Lipinski definition) is 1. The van der Waals surface area contributed by atoms with Crippen molar-refractivity contribution in [2.75, 3.05) is 20.3 Å². The molecule has 0 radical (unpaired) electrons. The van der Waals surface area contributed by atoms with Gasteiger partial charge in [0.25, 0.3) is 11.8 Å². The topological polar surface area (TPSA) is 56.3 Å². The highest BCUT2D eigenvalue weighted by atomic mass is 16.5. The van der Waals surface area contributed by atoms with Gasteiger partial charge in [0.1, 0.15) is 6.61 Å². The minimum absolute atomic E-state index is 0.401. The summed E-state index contributed by atoms with van der Waals surface area (Å²) >= 11 is 0. The maximum Gasteiger partial charge on any atom is 0.278 e. The predicted octanol–water partition coefficient (Wildman–Crippen LogP) is 1.77. The number of nitrogens with zero attached hydrogens (tertiary/aromatic N) is 2. The maximum absolute atomic E-state index is 5.76. The highest BCUT2D eigenvalue weighted by Gasteiger charge is 2.17. The number of fused-ring (bicyclic) bond motifs is 1. The van der Waals surface area contributed by atoms with Crippen LogP contribution in [0.2, 0.25) is 0 Å². The molecule has 1 fully saturated rings. The van der Waals surface area contributed by atoms with Crippen molar-refractivity contribution in [3.63, 3.8) is 0 Å². The molecule has 0 spiro atoms. The highest BCUT2D eigenvalue weighted by Crippen LogP contribution is 2.25. The second kappa shape index (κ2) is 5.40. The van der Waals surface area contributed by atoms with E-state index in [1.54, 1.807) is 7.11 Å². The summed E-state index contributed by atoms with van der Waals surface area (Å²) in [7, 11) is 1.58. The van der Waals surface area contributed by atoms with E-state index in [4.69, 9.17) is 9.47 Å². The summed E-state index contributed by atoms with van der Waals surface area (Å²) in [4.78, 5) is 8.88. The number of hydrogen-bond acceptors (Lipinski definition) is 5. The van der Waals surface area contributed by atoms with Gasteiger partial charge in [-0.3, -0.25) is 0 Å². The number of para-hydroxylation sites is 2. The van der Waals surface area contributed by atoms with E-state index in [-0.39, 0.29) is 0 Å². The summed E-state index contributed by atoms with van der Waals surface area (Å²) in [5, 5.41) is 3.39.